The topological polar surface area (TPSA) is 15.3 Å². The Morgan fingerprint density at radius 2 is 2.05 bits per heavy atom. The van der Waals surface area contributed by atoms with Crippen LogP contribution < -0.4 is 5.32 Å². The molecule has 1 N–H and O–H groups in total. The summed E-state index contributed by atoms with van der Waals surface area (Å²) in [6.45, 7) is 10.7. The Labute approximate surface area is 118 Å². The average Bonchev–Trinajstić information content (AvgIpc) is 2.29. The lowest BCUT2D eigenvalue weighted by molar-refractivity contribution is -0.0332. The molecule has 2 nitrogen and oxygen atoms in total. The van der Waals surface area contributed by atoms with E-state index in [0.29, 0.717) is 18.5 Å². The standard InChI is InChI=1S/C13H25F3N2S/c1-5-12(4)9-17-11(10(2)3)8-18(12)6-7-19-13(14,15)16/h10-11,17H,5-9H2,1-4H3. The summed E-state index contributed by atoms with van der Waals surface area (Å²) in [7, 11) is 0. The lowest BCUT2D eigenvalue weighted by Crippen LogP contribution is -2.64. The largest absolute Gasteiger partial charge is 0.441 e. The quantitative estimate of drug-likeness (QED) is 0.838. The number of hydrogen-bond donors (Lipinski definition) is 1. The Morgan fingerprint density at radius 3 is 2.53 bits per heavy atom. The summed E-state index contributed by atoms with van der Waals surface area (Å²) >= 11 is 0.0860. The fourth-order valence-corrected chi connectivity index (χ4v) is 2.96. The minimum Gasteiger partial charge on any atom is -0.311 e. The first-order valence-electron chi connectivity index (χ1n) is 6.87. The Bertz CT molecular complexity index is 284. The van der Waals surface area contributed by atoms with Crippen molar-refractivity contribution >= 4 is 11.8 Å². The Morgan fingerprint density at radius 1 is 1.42 bits per heavy atom. The Kier molecular flexibility index (Phi) is 6.01. The van der Waals surface area contributed by atoms with Gasteiger partial charge in [0.2, 0.25) is 0 Å². The van der Waals surface area contributed by atoms with E-state index in [0.717, 1.165) is 19.5 Å². The smallest absolute Gasteiger partial charge is 0.311 e. The minimum atomic E-state index is -4.12. The van der Waals surface area contributed by atoms with Crippen molar-refractivity contribution in [3.05, 3.63) is 0 Å². The highest BCUT2D eigenvalue weighted by molar-refractivity contribution is 8.00. The van der Waals surface area contributed by atoms with Gasteiger partial charge in [-0.3, -0.25) is 4.90 Å². The van der Waals surface area contributed by atoms with Crippen LogP contribution in [-0.4, -0.2) is 47.4 Å². The van der Waals surface area contributed by atoms with Gasteiger partial charge in [0.25, 0.3) is 0 Å². The third kappa shape index (κ3) is 5.16. The van der Waals surface area contributed by atoms with Gasteiger partial charge in [-0.1, -0.05) is 20.8 Å². The van der Waals surface area contributed by atoms with Gasteiger partial charge in [-0.25, -0.2) is 0 Å². The van der Waals surface area contributed by atoms with Gasteiger partial charge in [-0.2, -0.15) is 13.2 Å². The summed E-state index contributed by atoms with van der Waals surface area (Å²) in [4.78, 5) is 2.23. The monoisotopic (exact) mass is 298 g/mol. The fraction of sp³-hybridized carbons (Fsp3) is 1.00. The van der Waals surface area contributed by atoms with Crippen LogP contribution >= 0.6 is 11.8 Å². The molecule has 2 unspecified atom stereocenters. The van der Waals surface area contributed by atoms with Crippen molar-refractivity contribution < 1.29 is 13.2 Å². The minimum absolute atomic E-state index is 0.0302. The van der Waals surface area contributed by atoms with E-state index in [2.05, 4.69) is 37.9 Å². The molecular formula is C13H25F3N2S. The third-order valence-corrected chi connectivity index (χ3v) is 4.83. The molecule has 1 heterocycles. The predicted octanol–water partition coefficient (Wildman–Crippen LogP) is 3.34. The number of thioether (sulfide) groups is 1. The van der Waals surface area contributed by atoms with Crippen LogP contribution in [0.25, 0.3) is 0 Å². The summed E-state index contributed by atoms with van der Waals surface area (Å²) in [6, 6.07) is 0.371. The predicted molar refractivity (Wildman–Crippen MR) is 75.4 cm³/mol. The van der Waals surface area contributed by atoms with E-state index in [1.165, 1.54) is 0 Å². The SMILES string of the molecule is CCC1(C)CNC(C(C)C)CN1CCSC(F)(F)F. The van der Waals surface area contributed by atoms with Gasteiger partial charge < -0.3 is 5.32 Å². The Balaban J connectivity index is 2.57. The number of halogens is 3. The van der Waals surface area contributed by atoms with Crippen molar-refractivity contribution in [2.24, 2.45) is 5.92 Å². The number of nitrogens with one attached hydrogen (secondary N) is 1. The third-order valence-electron chi connectivity index (χ3n) is 4.12. The molecule has 1 saturated heterocycles. The van der Waals surface area contributed by atoms with Crippen LogP contribution in [0.3, 0.4) is 0 Å². The fourth-order valence-electron chi connectivity index (χ4n) is 2.41. The van der Waals surface area contributed by atoms with Gasteiger partial charge in [-0.05, 0) is 31.0 Å². The summed E-state index contributed by atoms with van der Waals surface area (Å²) in [5.41, 5.74) is -4.15. The van der Waals surface area contributed by atoms with E-state index in [4.69, 9.17) is 0 Å². The van der Waals surface area contributed by atoms with Crippen molar-refractivity contribution in [3.8, 4) is 0 Å². The molecule has 0 radical (unpaired) electrons. The molecule has 1 rings (SSSR count). The van der Waals surface area contributed by atoms with Crippen LogP contribution in [0.4, 0.5) is 13.2 Å². The molecule has 2 atom stereocenters. The van der Waals surface area contributed by atoms with Gasteiger partial charge in [0.15, 0.2) is 0 Å². The second kappa shape index (κ2) is 6.68. The zero-order valence-corrected chi connectivity index (χ0v) is 13.0. The lowest BCUT2D eigenvalue weighted by Gasteiger charge is -2.49. The molecule has 1 fully saturated rings. The van der Waals surface area contributed by atoms with E-state index in [-0.39, 0.29) is 23.1 Å². The van der Waals surface area contributed by atoms with Crippen LogP contribution in [0.2, 0.25) is 0 Å². The number of nitrogens with zero attached hydrogens (tertiary/aromatic N) is 1. The van der Waals surface area contributed by atoms with Gasteiger partial charge in [-0.15, -0.1) is 0 Å². The van der Waals surface area contributed by atoms with Gasteiger partial charge in [0.05, 0.1) is 0 Å². The van der Waals surface area contributed by atoms with Crippen molar-refractivity contribution in [1.29, 1.82) is 0 Å². The molecule has 0 saturated carbocycles. The number of hydrogen-bond acceptors (Lipinski definition) is 3. The molecule has 0 aromatic heterocycles. The van der Waals surface area contributed by atoms with Crippen LogP contribution in [-0.2, 0) is 0 Å². The molecule has 6 heteroatoms. The van der Waals surface area contributed by atoms with Crippen molar-refractivity contribution in [3.63, 3.8) is 0 Å². The van der Waals surface area contributed by atoms with E-state index < -0.39 is 5.51 Å². The zero-order chi connectivity index (χ0) is 14.7. The summed E-state index contributed by atoms with van der Waals surface area (Å²) in [5, 5.41) is 3.53. The second-order valence-electron chi connectivity index (χ2n) is 5.82. The van der Waals surface area contributed by atoms with Crippen molar-refractivity contribution in [1.82, 2.24) is 10.2 Å². The van der Waals surface area contributed by atoms with E-state index in [9.17, 15) is 13.2 Å². The van der Waals surface area contributed by atoms with Crippen LogP contribution in [0.1, 0.15) is 34.1 Å². The van der Waals surface area contributed by atoms with Crippen LogP contribution in [0, 0.1) is 5.92 Å². The average molecular weight is 298 g/mol. The molecule has 0 aliphatic carbocycles. The van der Waals surface area contributed by atoms with Gasteiger partial charge >= 0.3 is 5.51 Å². The number of piperazine rings is 1. The maximum Gasteiger partial charge on any atom is 0.441 e. The highest BCUT2D eigenvalue weighted by atomic mass is 32.2. The first-order chi connectivity index (χ1) is 8.68. The second-order valence-corrected chi connectivity index (χ2v) is 6.98. The summed E-state index contributed by atoms with van der Waals surface area (Å²) in [6.07, 6.45) is 0.946. The molecule has 19 heavy (non-hydrogen) atoms. The van der Waals surface area contributed by atoms with Gasteiger partial charge in [0, 0.05) is 37.0 Å². The number of alkyl halides is 3. The van der Waals surface area contributed by atoms with Crippen LogP contribution in [0.5, 0.6) is 0 Å². The first kappa shape index (κ1) is 17.1. The molecule has 114 valence electrons. The lowest BCUT2D eigenvalue weighted by atomic mass is 9.89. The number of rotatable bonds is 5. The molecular weight excluding hydrogens is 273 g/mol. The first-order valence-corrected chi connectivity index (χ1v) is 7.85. The summed E-state index contributed by atoms with van der Waals surface area (Å²) in [5.74, 6) is 0.614. The zero-order valence-electron chi connectivity index (χ0n) is 12.2. The van der Waals surface area contributed by atoms with Crippen LogP contribution in [0.15, 0.2) is 0 Å². The normalized spacial score (nSPS) is 30.0. The van der Waals surface area contributed by atoms with Crippen molar-refractivity contribution in [2.45, 2.75) is 51.2 Å². The molecule has 0 aromatic carbocycles. The molecule has 0 bridgehead atoms. The highest BCUT2D eigenvalue weighted by Crippen LogP contribution is 2.31. The van der Waals surface area contributed by atoms with Gasteiger partial charge in [0.1, 0.15) is 0 Å². The maximum atomic E-state index is 12.2. The molecule has 1 aliphatic heterocycles. The van der Waals surface area contributed by atoms with E-state index in [1.807, 2.05) is 0 Å². The highest BCUT2D eigenvalue weighted by Gasteiger charge is 2.37. The Hall–Kier alpha value is 0.0600. The van der Waals surface area contributed by atoms with E-state index in [1.54, 1.807) is 0 Å². The molecule has 0 amide bonds. The van der Waals surface area contributed by atoms with Crippen molar-refractivity contribution in [2.75, 3.05) is 25.4 Å². The van der Waals surface area contributed by atoms with E-state index >= 15 is 0 Å². The molecule has 1 aliphatic rings. The molecule has 0 aromatic rings. The maximum absolute atomic E-state index is 12.2. The summed E-state index contributed by atoms with van der Waals surface area (Å²) < 4.78 is 36.7. The molecule has 0 spiro atoms.